The molecule has 154 valence electrons. The van der Waals surface area contributed by atoms with Crippen molar-refractivity contribution in [2.45, 2.75) is 12.6 Å². The van der Waals surface area contributed by atoms with Crippen molar-refractivity contribution >= 4 is 17.5 Å². The molecule has 3 aromatic carbocycles. The van der Waals surface area contributed by atoms with E-state index in [1.807, 2.05) is 6.07 Å². The standard InChI is InChI=1S/C23H22FN3O3/c1-30-20-13-17(9-12-19(20)25)22(28)27-21(16-5-3-2-4-6-16)23(29)26-14-15-7-10-18(24)11-8-15/h2-13,21H,14,25H2,1H3,(H,26,29)(H,27,28). The summed E-state index contributed by atoms with van der Waals surface area (Å²) in [5, 5.41) is 5.54. The van der Waals surface area contributed by atoms with Gasteiger partial charge in [0, 0.05) is 12.1 Å². The fourth-order valence-electron chi connectivity index (χ4n) is 2.91. The van der Waals surface area contributed by atoms with Gasteiger partial charge in [0.1, 0.15) is 17.6 Å². The minimum Gasteiger partial charge on any atom is -0.495 e. The van der Waals surface area contributed by atoms with Crippen molar-refractivity contribution in [1.29, 1.82) is 0 Å². The van der Waals surface area contributed by atoms with E-state index in [4.69, 9.17) is 10.5 Å². The summed E-state index contributed by atoms with van der Waals surface area (Å²) in [6.07, 6.45) is 0. The van der Waals surface area contributed by atoms with Gasteiger partial charge in [-0.25, -0.2) is 4.39 Å². The molecule has 1 unspecified atom stereocenters. The first kappa shape index (κ1) is 20.9. The van der Waals surface area contributed by atoms with Gasteiger partial charge in [-0.2, -0.15) is 0 Å². The van der Waals surface area contributed by atoms with E-state index in [9.17, 15) is 14.0 Å². The quantitative estimate of drug-likeness (QED) is 0.525. The minimum atomic E-state index is -0.914. The molecule has 4 N–H and O–H groups in total. The Kier molecular flexibility index (Phi) is 6.64. The van der Waals surface area contributed by atoms with Gasteiger partial charge in [-0.3, -0.25) is 9.59 Å². The number of rotatable bonds is 7. The number of carbonyl (C=O) groups excluding carboxylic acids is 2. The second kappa shape index (κ2) is 9.56. The van der Waals surface area contributed by atoms with Crippen LogP contribution >= 0.6 is 0 Å². The van der Waals surface area contributed by atoms with Crippen molar-refractivity contribution < 1.29 is 18.7 Å². The van der Waals surface area contributed by atoms with Gasteiger partial charge in [0.25, 0.3) is 5.91 Å². The molecule has 0 heterocycles. The lowest BCUT2D eigenvalue weighted by Crippen LogP contribution is -2.40. The number of ether oxygens (including phenoxy) is 1. The molecule has 0 bridgehead atoms. The molecule has 7 heteroatoms. The molecule has 0 radical (unpaired) electrons. The van der Waals surface area contributed by atoms with Crippen LogP contribution in [-0.4, -0.2) is 18.9 Å². The third-order valence-electron chi connectivity index (χ3n) is 4.55. The Bertz CT molecular complexity index is 1020. The van der Waals surface area contributed by atoms with Crippen LogP contribution in [0.4, 0.5) is 10.1 Å². The smallest absolute Gasteiger partial charge is 0.252 e. The van der Waals surface area contributed by atoms with Gasteiger partial charge in [-0.05, 0) is 41.5 Å². The zero-order chi connectivity index (χ0) is 21.5. The van der Waals surface area contributed by atoms with Crippen LogP contribution in [0.25, 0.3) is 0 Å². The summed E-state index contributed by atoms with van der Waals surface area (Å²) < 4.78 is 18.2. The van der Waals surface area contributed by atoms with Crippen molar-refractivity contribution in [1.82, 2.24) is 10.6 Å². The first-order chi connectivity index (χ1) is 14.5. The van der Waals surface area contributed by atoms with Crippen molar-refractivity contribution in [3.63, 3.8) is 0 Å². The Hall–Kier alpha value is -3.87. The number of benzene rings is 3. The van der Waals surface area contributed by atoms with Gasteiger partial charge < -0.3 is 21.1 Å². The maximum Gasteiger partial charge on any atom is 0.252 e. The maximum atomic E-state index is 13.1. The zero-order valence-electron chi connectivity index (χ0n) is 16.4. The highest BCUT2D eigenvalue weighted by Gasteiger charge is 2.23. The fraction of sp³-hybridized carbons (Fsp3) is 0.130. The van der Waals surface area contributed by atoms with Gasteiger partial charge in [-0.15, -0.1) is 0 Å². The first-order valence-corrected chi connectivity index (χ1v) is 9.29. The van der Waals surface area contributed by atoms with Gasteiger partial charge in [0.15, 0.2) is 0 Å². The molecule has 0 aliphatic rings. The molecule has 3 rings (SSSR count). The molecule has 30 heavy (non-hydrogen) atoms. The van der Waals surface area contributed by atoms with Crippen molar-refractivity contribution in [3.05, 3.63) is 95.3 Å². The number of hydrogen-bond acceptors (Lipinski definition) is 4. The van der Waals surface area contributed by atoms with Crippen LogP contribution in [0.5, 0.6) is 5.75 Å². The van der Waals surface area contributed by atoms with Crippen LogP contribution in [0, 0.1) is 5.82 Å². The van der Waals surface area contributed by atoms with Gasteiger partial charge in [-0.1, -0.05) is 42.5 Å². The van der Waals surface area contributed by atoms with E-state index in [0.29, 0.717) is 22.6 Å². The highest BCUT2D eigenvalue weighted by molar-refractivity contribution is 5.98. The van der Waals surface area contributed by atoms with E-state index in [1.165, 1.54) is 25.3 Å². The summed E-state index contributed by atoms with van der Waals surface area (Å²) in [6.45, 7) is 0.202. The monoisotopic (exact) mass is 407 g/mol. The van der Waals surface area contributed by atoms with Crippen LogP contribution < -0.4 is 21.1 Å². The van der Waals surface area contributed by atoms with Crippen LogP contribution in [0.15, 0.2) is 72.8 Å². The summed E-state index contributed by atoms with van der Waals surface area (Å²) >= 11 is 0. The largest absolute Gasteiger partial charge is 0.495 e. The Morgan fingerprint density at radius 2 is 1.73 bits per heavy atom. The Morgan fingerprint density at radius 1 is 1.03 bits per heavy atom. The fourth-order valence-corrected chi connectivity index (χ4v) is 2.91. The first-order valence-electron chi connectivity index (χ1n) is 9.29. The Balaban J connectivity index is 1.77. The van der Waals surface area contributed by atoms with Crippen molar-refractivity contribution in [3.8, 4) is 5.75 Å². The van der Waals surface area contributed by atoms with Crippen LogP contribution in [0.3, 0.4) is 0 Å². The molecule has 0 saturated carbocycles. The second-order valence-electron chi connectivity index (χ2n) is 6.62. The molecule has 0 aliphatic heterocycles. The molecule has 0 aromatic heterocycles. The predicted molar refractivity (Wildman–Crippen MR) is 112 cm³/mol. The lowest BCUT2D eigenvalue weighted by Gasteiger charge is -2.19. The summed E-state index contributed by atoms with van der Waals surface area (Å²) in [6, 6.07) is 18.5. The maximum absolute atomic E-state index is 13.1. The summed E-state index contributed by atoms with van der Waals surface area (Å²) in [5.41, 5.74) is 7.89. The third-order valence-corrected chi connectivity index (χ3v) is 4.55. The Morgan fingerprint density at radius 3 is 2.40 bits per heavy atom. The normalized spacial score (nSPS) is 11.4. The van der Waals surface area contributed by atoms with Crippen LogP contribution in [-0.2, 0) is 11.3 Å². The van der Waals surface area contributed by atoms with Crippen molar-refractivity contribution in [2.24, 2.45) is 0 Å². The molecule has 6 nitrogen and oxygen atoms in total. The number of halogens is 1. The summed E-state index contributed by atoms with van der Waals surface area (Å²) in [5.74, 6) is -0.807. The SMILES string of the molecule is COc1cc(C(=O)NC(C(=O)NCc2ccc(F)cc2)c2ccccc2)ccc1N. The van der Waals surface area contributed by atoms with Crippen LogP contribution in [0.1, 0.15) is 27.5 Å². The molecule has 0 fully saturated rings. The van der Waals surface area contributed by atoms with Gasteiger partial charge in [0.05, 0.1) is 12.8 Å². The summed E-state index contributed by atoms with van der Waals surface area (Å²) in [4.78, 5) is 25.7. The molecule has 0 saturated heterocycles. The molecular formula is C23H22FN3O3. The molecule has 0 aliphatic carbocycles. The van der Waals surface area contributed by atoms with Crippen LogP contribution in [0.2, 0.25) is 0 Å². The topological polar surface area (TPSA) is 93.4 Å². The second-order valence-corrected chi connectivity index (χ2v) is 6.62. The number of nitrogens with one attached hydrogen (secondary N) is 2. The molecular weight excluding hydrogens is 385 g/mol. The number of hydrogen-bond donors (Lipinski definition) is 3. The highest BCUT2D eigenvalue weighted by atomic mass is 19.1. The lowest BCUT2D eigenvalue weighted by atomic mass is 10.0. The molecule has 0 spiro atoms. The lowest BCUT2D eigenvalue weighted by molar-refractivity contribution is -0.123. The van der Waals surface area contributed by atoms with Crippen molar-refractivity contribution in [2.75, 3.05) is 12.8 Å². The number of methoxy groups -OCH3 is 1. The van der Waals surface area contributed by atoms with Gasteiger partial charge >= 0.3 is 0 Å². The molecule has 1 atom stereocenters. The number of anilines is 1. The van der Waals surface area contributed by atoms with Gasteiger partial charge in [0.2, 0.25) is 5.91 Å². The van der Waals surface area contributed by atoms with E-state index < -0.39 is 11.9 Å². The van der Waals surface area contributed by atoms with E-state index >= 15 is 0 Å². The number of nitrogen functional groups attached to an aromatic ring is 1. The molecule has 3 aromatic rings. The predicted octanol–water partition coefficient (Wildman–Crippen LogP) is 3.20. The highest BCUT2D eigenvalue weighted by Crippen LogP contribution is 2.23. The summed E-state index contributed by atoms with van der Waals surface area (Å²) in [7, 11) is 1.46. The number of amides is 2. The minimum absolute atomic E-state index is 0.202. The van der Waals surface area contributed by atoms with E-state index in [2.05, 4.69) is 10.6 Å². The number of nitrogens with two attached hydrogens (primary N) is 1. The van der Waals surface area contributed by atoms with E-state index in [0.717, 1.165) is 5.56 Å². The Labute approximate surface area is 173 Å². The third kappa shape index (κ3) is 5.14. The van der Waals surface area contributed by atoms with E-state index in [-0.39, 0.29) is 18.3 Å². The average Bonchev–Trinajstić information content (AvgIpc) is 2.77. The number of carbonyl (C=O) groups is 2. The van der Waals surface area contributed by atoms with E-state index in [1.54, 1.807) is 48.5 Å². The zero-order valence-corrected chi connectivity index (χ0v) is 16.4. The average molecular weight is 407 g/mol. The molecule has 2 amide bonds.